The lowest BCUT2D eigenvalue weighted by Crippen LogP contribution is -2.14. The maximum absolute atomic E-state index is 5.75. The highest BCUT2D eigenvalue weighted by Gasteiger charge is 2.20. The van der Waals surface area contributed by atoms with Crippen LogP contribution >= 0.6 is 0 Å². The molecule has 1 aromatic carbocycles. The molecule has 1 atom stereocenters. The van der Waals surface area contributed by atoms with Gasteiger partial charge in [0.15, 0.2) is 0 Å². The van der Waals surface area contributed by atoms with E-state index < -0.39 is 0 Å². The van der Waals surface area contributed by atoms with Gasteiger partial charge in [-0.2, -0.15) is 0 Å². The average Bonchev–Trinajstić information content (AvgIpc) is 2.81. The van der Waals surface area contributed by atoms with Gasteiger partial charge < -0.3 is 4.90 Å². The van der Waals surface area contributed by atoms with Gasteiger partial charge in [-0.15, -0.1) is 0 Å². The van der Waals surface area contributed by atoms with E-state index in [0.29, 0.717) is 5.92 Å². The van der Waals surface area contributed by atoms with Crippen LogP contribution in [-0.4, -0.2) is 32.9 Å². The highest BCUT2D eigenvalue weighted by atomic mass is 15.1. The van der Waals surface area contributed by atoms with Crippen LogP contribution in [0.5, 0.6) is 0 Å². The van der Waals surface area contributed by atoms with Crippen LogP contribution in [0.2, 0.25) is 0 Å². The summed E-state index contributed by atoms with van der Waals surface area (Å²) in [5.41, 5.74) is 2.27. The molecule has 0 N–H and O–H groups in total. The Morgan fingerprint density at radius 1 is 1.18 bits per heavy atom. The number of likely N-dealkylation sites (tertiary alicyclic amines) is 1. The molecule has 1 nitrogen and oxygen atoms in total. The molecule has 0 saturated carbocycles. The molecule has 0 aliphatic carbocycles. The van der Waals surface area contributed by atoms with Crippen molar-refractivity contribution in [1.82, 2.24) is 4.90 Å². The molecule has 1 heterocycles. The van der Waals surface area contributed by atoms with Crippen LogP contribution in [0.25, 0.3) is 0 Å². The number of nitrogens with zero attached hydrogens (tertiary/aromatic N) is 1. The van der Waals surface area contributed by atoms with E-state index in [9.17, 15) is 0 Å². The van der Waals surface area contributed by atoms with Crippen molar-refractivity contribution in [2.75, 3.05) is 20.1 Å². The minimum atomic E-state index is 0.688. The van der Waals surface area contributed by atoms with Crippen molar-refractivity contribution < 1.29 is 0 Å². The molecular formula is C15H26BN. The van der Waals surface area contributed by atoms with Gasteiger partial charge in [-0.05, 0) is 31.5 Å². The van der Waals surface area contributed by atoms with E-state index in [4.69, 9.17) is 7.85 Å². The fraction of sp³-hybridized carbons (Fsp3) is 0.600. The molecule has 1 aliphatic rings. The van der Waals surface area contributed by atoms with Gasteiger partial charge in [0, 0.05) is 6.54 Å². The zero-order chi connectivity index (χ0) is 13.3. The topological polar surface area (TPSA) is 3.24 Å². The first-order chi connectivity index (χ1) is 8.25. The number of hydrogen-bond donors (Lipinski definition) is 0. The maximum atomic E-state index is 5.75. The standard InChI is InChI=1S/C11H14BN.2C2H6/c1-13-6-5-10(8-13)9-3-2-4-11(12)7-9;2*1-2/h2-4,7,10H,5-6,8H2,1H3;2*1-2H3. The third-order valence-corrected chi connectivity index (χ3v) is 2.77. The van der Waals surface area contributed by atoms with Crippen LogP contribution in [-0.2, 0) is 0 Å². The predicted octanol–water partition coefficient (Wildman–Crippen LogP) is 2.95. The summed E-state index contributed by atoms with van der Waals surface area (Å²) in [5.74, 6) is 0.688. The van der Waals surface area contributed by atoms with Crippen LogP contribution in [0.4, 0.5) is 0 Å². The lowest BCUT2D eigenvalue weighted by atomic mass is 9.90. The highest BCUT2D eigenvalue weighted by Crippen LogP contribution is 2.24. The average molecular weight is 231 g/mol. The Balaban J connectivity index is 0.000000581. The van der Waals surface area contributed by atoms with Crippen molar-refractivity contribution in [1.29, 1.82) is 0 Å². The number of hydrogen-bond acceptors (Lipinski definition) is 1. The third-order valence-electron chi connectivity index (χ3n) is 2.77. The zero-order valence-electron chi connectivity index (χ0n) is 12.0. The van der Waals surface area contributed by atoms with Crippen molar-refractivity contribution >= 4 is 13.3 Å². The molecule has 0 aromatic heterocycles. The SMILES string of the molecule is CC.CC.[B]c1cccc(C2CCN(C)C2)c1. The van der Waals surface area contributed by atoms with Crippen LogP contribution < -0.4 is 5.46 Å². The molecule has 17 heavy (non-hydrogen) atoms. The summed E-state index contributed by atoms with van der Waals surface area (Å²) in [6.45, 7) is 10.4. The van der Waals surface area contributed by atoms with E-state index >= 15 is 0 Å². The minimum absolute atomic E-state index is 0.688. The summed E-state index contributed by atoms with van der Waals surface area (Å²) >= 11 is 0. The monoisotopic (exact) mass is 231 g/mol. The second kappa shape index (κ2) is 9.29. The van der Waals surface area contributed by atoms with Crippen LogP contribution in [0.1, 0.15) is 45.6 Å². The summed E-state index contributed by atoms with van der Waals surface area (Å²) in [6, 6.07) is 8.27. The van der Waals surface area contributed by atoms with E-state index in [2.05, 4.69) is 24.1 Å². The van der Waals surface area contributed by atoms with Crippen molar-refractivity contribution in [3.8, 4) is 0 Å². The maximum Gasteiger partial charge on any atom is 0.113 e. The molecule has 1 saturated heterocycles. The van der Waals surface area contributed by atoms with Crippen LogP contribution in [0, 0.1) is 0 Å². The van der Waals surface area contributed by atoms with E-state index in [1.165, 1.54) is 25.1 Å². The molecular weight excluding hydrogens is 205 g/mol. The molecule has 1 fully saturated rings. The van der Waals surface area contributed by atoms with Crippen LogP contribution in [0.15, 0.2) is 24.3 Å². The molecule has 2 radical (unpaired) electrons. The number of likely N-dealkylation sites (N-methyl/N-ethyl adjacent to an activating group) is 1. The summed E-state index contributed by atoms with van der Waals surface area (Å²) in [6.07, 6.45) is 1.26. The lowest BCUT2D eigenvalue weighted by molar-refractivity contribution is 0.411. The van der Waals surface area contributed by atoms with Crippen LogP contribution in [0.3, 0.4) is 0 Å². The zero-order valence-corrected chi connectivity index (χ0v) is 12.0. The first-order valence-corrected chi connectivity index (χ1v) is 6.79. The summed E-state index contributed by atoms with van der Waals surface area (Å²) in [5, 5.41) is 0. The van der Waals surface area contributed by atoms with Gasteiger partial charge in [-0.3, -0.25) is 0 Å². The highest BCUT2D eigenvalue weighted by molar-refractivity contribution is 6.32. The van der Waals surface area contributed by atoms with Gasteiger partial charge in [-0.1, -0.05) is 57.4 Å². The van der Waals surface area contributed by atoms with E-state index in [-0.39, 0.29) is 0 Å². The molecule has 0 bridgehead atoms. The molecule has 0 spiro atoms. The van der Waals surface area contributed by atoms with Gasteiger partial charge in [-0.25, -0.2) is 0 Å². The van der Waals surface area contributed by atoms with E-state index in [1.807, 2.05) is 39.8 Å². The van der Waals surface area contributed by atoms with Crippen molar-refractivity contribution in [2.45, 2.75) is 40.0 Å². The Labute approximate surface area is 109 Å². The smallest absolute Gasteiger partial charge is 0.113 e. The van der Waals surface area contributed by atoms with Gasteiger partial charge in [0.25, 0.3) is 0 Å². The summed E-state index contributed by atoms with van der Waals surface area (Å²) < 4.78 is 0. The van der Waals surface area contributed by atoms with Crippen molar-refractivity contribution in [3.05, 3.63) is 29.8 Å². The van der Waals surface area contributed by atoms with E-state index in [1.54, 1.807) is 0 Å². The Morgan fingerprint density at radius 2 is 1.82 bits per heavy atom. The molecule has 2 heteroatoms. The lowest BCUT2D eigenvalue weighted by Gasteiger charge is -2.11. The summed E-state index contributed by atoms with van der Waals surface area (Å²) in [7, 11) is 7.92. The quantitative estimate of drug-likeness (QED) is 0.671. The third kappa shape index (κ3) is 5.40. The number of rotatable bonds is 1. The molecule has 94 valence electrons. The first kappa shape index (κ1) is 16.2. The largest absolute Gasteiger partial charge is 0.306 e. The second-order valence-electron chi connectivity index (χ2n) is 3.92. The summed E-state index contributed by atoms with van der Waals surface area (Å²) in [4.78, 5) is 2.37. The molecule has 1 aliphatic heterocycles. The molecule has 1 unspecified atom stereocenters. The predicted molar refractivity (Wildman–Crippen MR) is 79.4 cm³/mol. The Bertz CT molecular complexity index is 299. The normalized spacial score (nSPS) is 18.8. The number of benzene rings is 1. The fourth-order valence-electron chi connectivity index (χ4n) is 2.02. The van der Waals surface area contributed by atoms with E-state index in [0.717, 1.165) is 5.46 Å². The van der Waals surface area contributed by atoms with Gasteiger partial charge in [0.1, 0.15) is 7.85 Å². The van der Waals surface area contributed by atoms with Crippen molar-refractivity contribution in [2.24, 2.45) is 0 Å². The molecule has 0 amide bonds. The molecule has 2 rings (SSSR count). The molecule has 1 aromatic rings. The Morgan fingerprint density at radius 3 is 2.29 bits per heavy atom. The minimum Gasteiger partial charge on any atom is -0.306 e. The van der Waals surface area contributed by atoms with Gasteiger partial charge >= 0.3 is 0 Å². The van der Waals surface area contributed by atoms with Gasteiger partial charge in [0.05, 0.1) is 0 Å². The Kier molecular flexibility index (Phi) is 8.88. The van der Waals surface area contributed by atoms with Crippen molar-refractivity contribution in [3.63, 3.8) is 0 Å². The fourth-order valence-corrected chi connectivity index (χ4v) is 2.02. The Hall–Kier alpha value is -0.755. The van der Waals surface area contributed by atoms with Gasteiger partial charge in [0.2, 0.25) is 0 Å². The second-order valence-corrected chi connectivity index (χ2v) is 3.92. The first-order valence-electron chi connectivity index (χ1n) is 6.79.